The van der Waals surface area contributed by atoms with Gasteiger partial charge in [-0.15, -0.1) is 0 Å². The number of rotatable bonds is 9. The van der Waals surface area contributed by atoms with Crippen LogP contribution in [0.1, 0.15) is 43.4 Å². The number of guanidine groups is 1. The van der Waals surface area contributed by atoms with E-state index in [-0.39, 0.29) is 5.91 Å². The lowest BCUT2D eigenvalue weighted by molar-refractivity contribution is -0.114. The minimum absolute atomic E-state index is 0.0801. The van der Waals surface area contributed by atoms with Gasteiger partial charge in [0.1, 0.15) is 5.75 Å². The van der Waals surface area contributed by atoms with Gasteiger partial charge in [0.05, 0.1) is 13.2 Å². The van der Waals surface area contributed by atoms with Gasteiger partial charge in [0.15, 0.2) is 5.96 Å². The normalized spacial score (nSPS) is 13.6. The van der Waals surface area contributed by atoms with Crippen molar-refractivity contribution in [3.05, 3.63) is 59.2 Å². The summed E-state index contributed by atoms with van der Waals surface area (Å²) in [5.41, 5.74) is 4.14. The molecule has 6 nitrogen and oxygen atoms in total. The Labute approximate surface area is 179 Å². The van der Waals surface area contributed by atoms with Crippen LogP contribution in [-0.2, 0) is 17.9 Å². The van der Waals surface area contributed by atoms with Crippen LogP contribution in [0.15, 0.2) is 47.5 Å². The van der Waals surface area contributed by atoms with E-state index in [2.05, 4.69) is 41.1 Å². The fourth-order valence-corrected chi connectivity index (χ4v) is 3.08. The smallest absolute Gasteiger partial charge is 0.221 e. The highest BCUT2D eigenvalue weighted by molar-refractivity contribution is 5.88. The van der Waals surface area contributed by atoms with Crippen molar-refractivity contribution in [3.63, 3.8) is 0 Å². The van der Waals surface area contributed by atoms with Gasteiger partial charge in [-0.05, 0) is 61.9 Å². The molecule has 0 aliphatic heterocycles. The van der Waals surface area contributed by atoms with Gasteiger partial charge in [-0.25, -0.2) is 4.99 Å². The summed E-state index contributed by atoms with van der Waals surface area (Å²) in [5.74, 6) is 2.34. The van der Waals surface area contributed by atoms with Crippen molar-refractivity contribution in [2.45, 2.75) is 46.7 Å². The van der Waals surface area contributed by atoms with Crippen molar-refractivity contribution in [1.29, 1.82) is 0 Å². The molecule has 0 spiro atoms. The Morgan fingerprint density at radius 2 is 2.00 bits per heavy atom. The zero-order valence-corrected chi connectivity index (χ0v) is 18.1. The standard InChI is InChI=1S/C24H32N4O2/c1-4-25-24(26-14-20-6-5-7-22(13-20)28-18(3)29)27-15-21-11-8-17(2)12-23(21)30-16-19-9-10-19/h5-8,11-13,19H,4,9-10,14-16H2,1-3H3,(H,28,29)(H2,25,26,27). The summed E-state index contributed by atoms with van der Waals surface area (Å²) >= 11 is 0. The highest BCUT2D eigenvalue weighted by Crippen LogP contribution is 2.30. The fraction of sp³-hybridized carbons (Fsp3) is 0.417. The first-order chi connectivity index (χ1) is 14.5. The Morgan fingerprint density at radius 1 is 1.17 bits per heavy atom. The van der Waals surface area contributed by atoms with Gasteiger partial charge in [0.2, 0.25) is 5.91 Å². The Kier molecular flexibility index (Phi) is 7.71. The minimum atomic E-state index is -0.0801. The van der Waals surface area contributed by atoms with E-state index in [1.165, 1.54) is 25.3 Å². The van der Waals surface area contributed by atoms with Crippen LogP contribution >= 0.6 is 0 Å². The number of carbonyl (C=O) groups excluding carboxylic acids is 1. The number of benzene rings is 2. The predicted molar refractivity (Wildman–Crippen MR) is 122 cm³/mol. The quantitative estimate of drug-likeness (QED) is 0.433. The Hall–Kier alpha value is -3.02. The summed E-state index contributed by atoms with van der Waals surface area (Å²) < 4.78 is 6.07. The molecule has 0 atom stereocenters. The van der Waals surface area contributed by atoms with Crippen LogP contribution in [0.5, 0.6) is 5.75 Å². The van der Waals surface area contributed by atoms with E-state index in [0.29, 0.717) is 13.1 Å². The Bertz CT molecular complexity index is 891. The first-order valence-corrected chi connectivity index (χ1v) is 10.6. The van der Waals surface area contributed by atoms with E-state index in [1.807, 2.05) is 31.2 Å². The van der Waals surface area contributed by atoms with Crippen molar-refractivity contribution in [1.82, 2.24) is 10.6 Å². The largest absolute Gasteiger partial charge is 0.493 e. The van der Waals surface area contributed by atoms with E-state index in [9.17, 15) is 4.79 Å². The van der Waals surface area contributed by atoms with Crippen molar-refractivity contribution in [2.24, 2.45) is 10.9 Å². The zero-order chi connectivity index (χ0) is 21.3. The number of hydrogen-bond acceptors (Lipinski definition) is 3. The van der Waals surface area contributed by atoms with Crippen molar-refractivity contribution in [3.8, 4) is 5.75 Å². The van der Waals surface area contributed by atoms with Crippen LogP contribution in [0.3, 0.4) is 0 Å². The van der Waals surface area contributed by atoms with Crippen LogP contribution in [0.25, 0.3) is 0 Å². The molecule has 0 unspecified atom stereocenters. The van der Waals surface area contributed by atoms with Gasteiger partial charge in [0, 0.05) is 31.3 Å². The molecule has 0 heterocycles. The van der Waals surface area contributed by atoms with Crippen molar-refractivity contribution >= 4 is 17.6 Å². The molecule has 3 rings (SSSR count). The van der Waals surface area contributed by atoms with Gasteiger partial charge in [-0.2, -0.15) is 0 Å². The molecule has 30 heavy (non-hydrogen) atoms. The van der Waals surface area contributed by atoms with E-state index < -0.39 is 0 Å². The molecule has 0 saturated heterocycles. The van der Waals surface area contributed by atoms with Crippen molar-refractivity contribution < 1.29 is 9.53 Å². The third-order valence-electron chi connectivity index (χ3n) is 4.85. The van der Waals surface area contributed by atoms with Gasteiger partial charge in [-0.3, -0.25) is 4.79 Å². The van der Waals surface area contributed by atoms with Gasteiger partial charge in [0.25, 0.3) is 0 Å². The second-order valence-electron chi connectivity index (χ2n) is 7.80. The van der Waals surface area contributed by atoms with Gasteiger partial charge >= 0.3 is 0 Å². The van der Waals surface area contributed by atoms with Crippen LogP contribution in [-0.4, -0.2) is 25.0 Å². The topological polar surface area (TPSA) is 74.8 Å². The summed E-state index contributed by atoms with van der Waals surface area (Å²) in [7, 11) is 0. The number of aliphatic imine (C=N–C) groups is 1. The average molecular weight is 409 g/mol. The molecule has 1 aliphatic rings. The van der Waals surface area contributed by atoms with E-state index in [1.54, 1.807) is 0 Å². The van der Waals surface area contributed by atoms with E-state index in [0.717, 1.165) is 47.6 Å². The molecule has 1 saturated carbocycles. The lowest BCUT2D eigenvalue weighted by Gasteiger charge is -2.15. The molecular formula is C24H32N4O2. The monoisotopic (exact) mass is 408 g/mol. The summed E-state index contributed by atoms with van der Waals surface area (Å²) in [6.45, 7) is 8.36. The number of ether oxygens (including phenoxy) is 1. The second kappa shape index (κ2) is 10.7. The molecule has 2 aromatic rings. The lowest BCUT2D eigenvalue weighted by atomic mass is 10.1. The molecule has 3 N–H and O–H groups in total. The van der Waals surface area contributed by atoms with Crippen LogP contribution in [0.2, 0.25) is 0 Å². The number of carbonyl (C=O) groups is 1. The average Bonchev–Trinajstić information content (AvgIpc) is 3.54. The van der Waals surface area contributed by atoms with Gasteiger partial charge in [-0.1, -0.05) is 24.3 Å². The maximum Gasteiger partial charge on any atom is 0.221 e. The molecule has 1 amide bonds. The fourth-order valence-electron chi connectivity index (χ4n) is 3.08. The molecular weight excluding hydrogens is 376 g/mol. The van der Waals surface area contributed by atoms with Crippen LogP contribution < -0.4 is 20.7 Å². The molecule has 0 aromatic heterocycles. The van der Waals surface area contributed by atoms with E-state index in [4.69, 9.17) is 9.73 Å². The minimum Gasteiger partial charge on any atom is -0.493 e. The van der Waals surface area contributed by atoms with Crippen LogP contribution in [0, 0.1) is 12.8 Å². The molecule has 2 aromatic carbocycles. The summed E-state index contributed by atoms with van der Waals surface area (Å²) in [6.07, 6.45) is 2.56. The SMILES string of the molecule is CCNC(=NCc1cccc(NC(C)=O)c1)NCc1ccc(C)cc1OCC1CC1. The molecule has 160 valence electrons. The lowest BCUT2D eigenvalue weighted by Crippen LogP contribution is -2.36. The molecule has 1 fully saturated rings. The van der Waals surface area contributed by atoms with Crippen molar-refractivity contribution in [2.75, 3.05) is 18.5 Å². The molecule has 0 bridgehead atoms. The number of amides is 1. The summed E-state index contributed by atoms with van der Waals surface area (Å²) in [4.78, 5) is 16.0. The number of nitrogens with zero attached hydrogens (tertiary/aromatic N) is 1. The molecule has 6 heteroatoms. The van der Waals surface area contributed by atoms with E-state index >= 15 is 0 Å². The highest BCUT2D eigenvalue weighted by atomic mass is 16.5. The molecule has 0 radical (unpaired) electrons. The Balaban J connectivity index is 1.63. The Morgan fingerprint density at radius 3 is 2.73 bits per heavy atom. The van der Waals surface area contributed by atoms with Crippen LogP contribution in [0.4, 0.5) is 5.69 Å². The maximum atomic E-state index is 11.3. The number of aryl methyl sites for hydroxylation is 1. The third kappa shape index (κ3) is 7.10. The third-order valence-corrected chi connectivity index (χ3v) is 4.85. The predicted octanol–water partition coefficient (Wildman–Crippen LogP) is 4.00. The summed E-state index contributed by atoms with van der Waals surface area (Å²) in [6, 6.07) is 14.1. The number of anilines is 1. The zero-order valence-electron chi connectivity index (χ0n) is 18.1. The number of nitrogens with one attached hydrogen (secondary N) is 3. The molecule has 1 aliphatic carbocycles. The maximum absolute atomic E-state index is 11.3. The second-order valence-corrected chi connectivity index (χ2v) is 7.80. The number of hydrogen-bond donors (Lipinski definition) is 3. The summed E-state index contributed by atoms with van der Waals surface area (Å²) in [5, 5.41) is 9.50. The highest BCUT2D eigenvalue weighted by Gasteiger charge is 2.22. The van der Waals surface area contributed by atoms with Gasteiger partial charge < -0.3 is 20.7 Å². The first-order valence-electron chi connectivity index (χ1n) is 10.6. The first kappa shape index (κ1) is 21.7.